The summed E-state index contributed by atoms with van der Waals surface area (Å²) >= 11 is 0. The molecular formula is C16H17N3O. The normalized spacial score (nSPS) is 11.7. The van der Waals surface area contributed by atoms with Crippen LogP contribution in [0.15, 0.2) is 42.6 Å². The van der Waals surface area contributed by atoms with Crippen LogP contribution in [0.25, 0.3) is 0 Å². The van der Waals surface area contributed by atoms with E-state index in [4.69, 9.17) is 10.00 Å². The standard InChI is InChI=1S/C16H17N3O/c1-12(18-2)14-4-3-5-16(9-14)20-11-13-6-7-19-15(8-13)10-17/h3-9,12,18H,11H2,1-2H3. The van der Waals surface area contributed by atoms with E-state index in [-0.39, 0.29) is 6.04 Å². The average Bonchev–Trinajstić information content (AvgIpc) is 2.52. The number of rotatable bonds is 5. The van der Waals surface area contributed by atoms with Crippen LogP contribution in [-0.2, 0) is 6.61 Å². The third kappa shape index (κ3) is 3.56. The lowest BCUT2D eigenvalue weighted by Gasteiger charge is -2.12. The molecule has 102 valence electrons. The molecule has 0 saturated carbocycles. The van der Waals surface area contributed by atoms with E-state index >= 15 is 0 Å². The zero-order valence-electron chi connectivity index (χ0n) is 11.6. The summed E-state index contributed by atoms with van der Waals surface area (Å²) < 4.78 is 5.76. The minimum Gasteiger partial charge on any atom is -0.489 e. The minimum atomic E-state index is 0.282. The van der Waals surface area contributed by atoms with Gasteiger partial charge in [0.05, 0.1) is 0 Å². The fourth-order valence-electron chi connectivity index (χ4n) is 1.83. The number of nitrogens with one attached hydrogen (secondary N) is 1. The Morgan fingerprint density at radius 2 is 2.20 bits per heavy atom. The first-order valence-corrected chi connectivity index (χ1v) is 6.48. The van der Waals surface area contributed by atoms with Gasteiger partial charge in [-0.1, -0.05) is 12.1 Å². The first-order chi connectivity index (χ1) is 9.72. The number of aromatic nitrogens is 1. The molecule has 2 aromatic rings. The second-order valence-electron chi connectivity index (χ2n) is 4.53. The quantitative estimate of drug-likeness (QED) is 0.905. The highest BCUT2D eigenvalue weighted by Gasteiger charge is 2.04. The van der Waals surface area contributed by atoms with E-state index in [0.717, 1.165) is 11.3 Å². The van der Waals surface area contributed by atoms with Gasteiger partial charge in [0, 0.05) is 12.2 Å². The van der Waals surface area contributed by atoms with Crippen molar-refractivity contribution < 1.29 is 4.74 Å². The van der Waals surface area contributed by atoms with Crippen LogP contribution < -0.4 is 10.1 Å². The second-order valence-corrected chi connectivity index (χ2v) is 4.53. The van der Waals surface area contributed by atoms with Gasteiger partial charge in [-0.25, -0.2) is 4.98 Å². The van der Waals surface area contributed by atoms with Crippen molar-refractivity contribution in [2.75, 3.05) is 7.05 Å². The van der Waals surface area contributed by atoms with E-state index in [1.807, 2.05) is 37.4 Å². The van der Waals surface area contributed by atoms with Crippen LogP contribution in [0.3, 0.4) is 0 Å². The number of hydrogen-bond donors (Lipinski definition) is 1. The van der Waals surface area contributed by atoms with Crippen molar-refractivity contribution in [2.45, 2.75) is 19.6 Å². The molecule has 0 aliphatic carbocycles. The van der Waals surface area contributed by atoms with Gasteiger partial charge in [0.1, 0.15) is 24.1 Å². The van der Waals surface area contributed by atoms with Crippen LogP contribution in [0.2, 0.25) is 0 Å². The van der Waals surface area contributed by atoms with Crippen LogP contribution in [0.1, 0.15) is 29.8 Å². The first-order valence-electron chi connectivity index (χ1n) is 6.48. The molecule has 0 radical (unpaired) electrons. The molecule has 0 fully saturated rings. The number of pyridine rings is 1. The van der Waals surface area contributed by atoms with Crippen molar-refractivity contribution in [1.29, 1.82) is 5.26 Å². The topological polar surface area (TPSA) is 57.9 Å². The Morgan fingerprint density at radius 1 is 1.35 bits per heavy atom. The maximum absolute atomic E-state index is 8.81. The Balaban J connectivity index is 2.05. The second kappa shape index (κ2) is 6.69. The Hall–Kier alpha value is -2.38. The predicted octanol–water partition coefficient (Wildman–Crippen LogP) is 2.81. The van der Waals surface area contributed by atoms with E-state index < -0.39 is 0 Å². The maximum atomic E-state index is 8.81. The summed E-state index contributed by atoms with van der Waals surface area (Å²) in [6.07, 6.45) is 1.62. The number of ether oxygens (including phenoxy) is 1. The zero-order chi connectivity index (χ0) is 14.4. The van der Waals surface area contributed by atoms with Gasteiger partial charge in [-0.3, -0.25) is 0 Å². The van der Waals surface area contributed by atoms with Crippen LogP contribution >= 0.6 is 0 Å². The van der Waals surface area contributed by atoms with Crippen molar-refractivity contribution in [2.24, 2.45) is 0 Å². The molecule has 1 aromatic heterocycles. The molecule has 4 nitrogen and oxygen atoms in total. The van der Waals surface area contributed by atoms with Gasteiger partial charge < -0.3 is 10.1 Å². The number of nitriles is 1. The highest BCUT2D eigenvalue weighted by atomic mass is 16.5. The summed E-state index contributed by atoms with van der Waals surface area (Å²) in [5.74, 6) is 0.819. The molecule has 20 heavy (non-hydrogen) atoms. The molecular weight excluding hydrogens is 250 g/mol. The van der Waals surface area contributed by atoms with Crippen LogP contribution in [0.5, 0.6) is 5.75 Å². The lowest BCUT2D eigenvalue weighted by molar-refractivity contribution is 0.305. The lowest BCUT2D eigenvalue weighted by Crippen LogP contribution is -2.12. The SMILES string of the molecule is CNC(C)c1cccc(OCc2ccnc(C#N)c2)c1. The van der Waals surface area contributed by atoms with Gasteiger partial charge >= 0.3 is 0 Å². The van der Waals surface area contributed by atoms with Crippen LogP contribution in [0.4, 0.5) is 0 Å². The lowest BCUT2D eigenvalue weighted by atomic mass is 10.1. The third-order valence-corrected chi connectivity index (χ3v) is 3.14. The van der Waals surface area contributed by atoms with Gasteiger partial charge in [0.15, 0.2) is 0 Å². The van der Waals surface area contributed by atoms with Gasteiger partial charge in [0.25, 0.3) is 0 Å². The maximum Gasteiger partial charge on any atom is 0.140 e. The van der Waals surface area contributed by atoms with Gasteiger partial charge in [-0.05, 0) is 49.4 Å². The van der Waals surface area contributed by atoms with Gasteiger partial charge in [-0.2, -0.15) is 5.26 Å². The Kier molecular flexibility index (Phi) is 4.70. The fraction of sp³-hybridized carbons (Fsp3) is 0.250. The van der Waals surface area contributed by atoms with Crippen molar-refractivity contribution >= 4 is 0 Å². The highest BCUT2D eigenvalue weighted by molar-refractivity contribution is 5.31. The number of benzene rings is 1. The molecule has 1 N–H and O–H groups in total. The third-order valence-electron chi connectivity index (χ3n) is 3.14. The zero-order valence-corrected chi connectivity index (χ0v) is 11.6. The minimum absolute atomic E-state index is 0.282. The van der Waals surface area contributed by atoms with E-state index in [9.17, 15) is 0 Å². The monoisotopic (exact) mass is 267 g/mol. The smallest absolute Gasteiger partial charge is 0.140 e. The fourth-order valence-corrected chi connectivity index (χ4v) is 1.83. The van der Waals surface area contributed by atoms with Crippen LogP contribution in [-0.4, -0.2) is 12.0 Å². The molecule has 1 heterocycles. The Bertz CT molecular complexity index is 619. The Morgan fingerprint density at radius 3 is 2.95 bits per heavy atom. The van der Waals surface area contributed by atoms with Crippen molar-refractivity contribution in [3.8, 4) is 11.8 Å². The molecule has 0 aliphatic rings. The molecule has 1 aromatic carbocycles. The summed E-state index contributed by atoms with van der Waals surface area (Å²) in [4.78, 5) is 3.94. The summed E-state index contributed by atoms with van der Waals surface area (Å²) in [7, 11) is 1.93. The molecule has 4 heteroatoms. The molecule has 0 aliphatic heterocycles. The average molecular weight is 267 g/mol. The van der Waals surface area contributed by atoms with Crippen molar-refractivity contribution in [3.63, 3.8) is 0 Å². The highest BCUT2D eigenvalue weighted by Crippen LogP contribution is 2.19. The van der Waals surface area contributed by atoms with E-state index in [1.54, 1.807) is 12.3 Å². The molecule has 2 rings (SSSR count). The first kappa shape index (κ1) is 14.0. The van der Waals surface area contributed by atoms with Crippen molar-refractivity contribution in [3.05, 3.63) is 59.4 Å². The van der Waals surface area contributed by atoms with Crippen molar-refractivity contribution in [1.82, 2.24) is 10.3 Å². The molecule has 0 spiro atoms. The largest absolute Gasteiger partial charge is 0.489 e. The van der Waals surface area contributed by atoms with E-state index in [2.05, 4.69) is 23.3 Å². The van der Waals surface area contributed by atoms with Gasteiger partial charge in [0.2, 0.25) is 0 Å². The molecule has 1 unspecified atom stereocenters. The van der Waals surface area contributed by atoms with Gasteiger partial charge in [-0.15, -0.1) is 0 Å². The summed E-state index contributed by atoms with van der Waals surface area (Å²) in [5, 5.41) is 12.0. The summed E-state index contributed by atoms with van der Waals surface area (Å²) in [6.45, 7) is 2.52. The van der Waals surface area contributed by atoms with E-state index in [0.29, 0.717) is 12.3 Å². The predicted molar refractivity (Wildman–Crippen MR) is 77.2 cm³/mol. The van der Waals surface area contributed by atoms with Crippen LogP contribution in [0, 0.1) is 11.3 Å². The molecule has 0 saturated heterocycles. The molecule has 1 atom stereocenters. The summed E-state index contributed by atoms with van der Waals surface area (Å²) in [6, 6.07) is 13.9. The number of nitrogens with zero attached hydrogens (tertiary/aromatic N) is 2. The number of hydrogen-bond acceptors (Lipinski definition) is 4. The molecule has 0 amide bonds. The Labute approximate surface area is 119 Å². The molecule has 0 bridgehead atoms. The van der Waals surface area contributed by atoms with E-state index in [1.165, 1.54) is 5.56 Å². The summed E-state index contributed by atoms with van der Waals surface area (Å²) in [5.41, 5.74) is 2.52.